The van der Waals surface area contributed by atoms with Gasteiger partial charge in [-0.2, -0.15) is 4.98 Å². The summed E-state index contributed by atoms with van der Waals surface area (Å²) in [4.78, 5) is 21.3. The van der Waals surface area contributed by atoms with Crippen molar-refractivity contribution in [1.29, 1.82) is 0 Å². The Labute approximate surface area is 146 Å². The fraction of sp³-hybridized carbons (Fsp3) is 0.188. The highest BCUT2D eigenvalue weighted by Gasteiger charge is 2.21. The van der Waals surface area contributed by atoms with Crippen LogP contribution in [0.3, 0.4) is 0 Å². The molecule has 8 heteroatoms. The minimum Gasteiger partial charge on any atom is -0.462 e. The Morgan fingerprint density at radius 2 is 2.12 bits per heavy atom. The Hall–Kier alpha value is -2.25. The number of fused-ring (bicyclic) bond motifs is 1. The van der Waals surface area contributed by atoms with Crippen LogP contribution in [0, 0.1) is 12.7 Å². The van der Waals surface area contributed by atoms with Crippen LogP contribution < -0.4 is 5.32 Å². The number of esters is 1. The molecule has 0 saturated carbocycles. The van der Waals surface area contributed by atoms with Crippen molar-refractivity contribution < 1.29 is 13.9 Å². The van der Waals surface area contributed by atoms with E-state index in [9.17, 15) is 9.18 Å². The van der Waals surface area contributed by atoms with Gasteiger partial charge in [-0.15, -0.1) is 11.3 Å². The van der Waals surface area contributed by atoms with Crippen LogP contribution in [0.15, 0.2) is 24.3 Å². The Morgan fingerprint density at radius 3 is 2.83 bits per heavy atom. The zero-order chi connectivity index (χ0) is 17.3. The number of carbonyl (C=O) groups excluding carboxylic acids is 1. The molecule has 0 aliphatic heterocycles. The van der Waals surface area contributed by atoms with Gasteiger partial charge >= 0.3 is 5.97 Å². The molecule has 3 rings (SSSR count). The third kappa shape index (κ3) is 3.05. The molecule has 0 fully saturated rings. The average molecular weight is 366 g/mol. The van der Waals surface area contributed by atoms with Gasteiger partial charge in [0, 0.05) is 0 Å². The number of hydrogen-bond donors (Lipinski definition) is 1. The van der Waals surface area contributed by atoms with Crippen LogP contribution >= 0.6 is 22.9 Å². The molecule has 1 aromatic carbocycles. The maximum atomic E-state index is 13.9. The predicted molar refractivity (Wildman–Crippen MR) is 92.8 cm³/mol. The highest BCUT2D eigenvalue weighted by molar-refractivity contribution is 7.20. The number of aromatic nitrogens is 2. The maximum absolute atomic E-state index is 13.9. The van der Waals surface area contributed by atoms with Crippen molar-refractivity contribution in [2.45, 2.75) is 13.8 Å². The van der Waals surface area contributed by atoms with Crippen molar-refractivity contribution in [3.05, 3.63) is 45.8 Å². The highest BCUT2D eigenvalue weighted by Crippen LogP contribution is 2.36. The van der Waals surface area contributed by atoms with Gasteiger partial charge in [0.15, 0.2) is 0 Å². The Bertz CT molecular complexity index is 929. The standard InChI is InChI=1S/C16H13ClFN3O2S/c1-3-23-15(22)12-8(2)11-13(20-16(17)21-14(11)24-12)19-10-7-5-4-6-9(10)18/h4-7H,3H2,1-2H3,(H,19,20,21). The van der Waals surface area contributed by atoms with Gasteiger partial charge in [0.2, 0.25) is 5.28 Å². The first kappa shape index (κ1) is 16.6. The molecule has 2 aromatic heterocycles. The van der Waals surface area contributed by atoms with E-state index in [2.05, 4.69) is 15.3 Å². The average Bonchev–Trinajstić information content (AvgIpc) is 2.86. The summed E-state index contributed by atoms with van der Waals surface area (Å²) in [5.41, 5.74) is 0.931. The Balaban J connectivity index is 2.14. The van der Waals surface area contributed by atoms with Gasteiger partial charge < -0.3 is 10.1 Å². The topological polar surface area (TPSA) is 64.1 Å². The SMILES string of the molecule is CCOC(=O)c1sc2nc(Cl)nc(Nc3ccccc3F)c2c1C. The van der Waals surface area contributed by atoms with Crippen LogP contribution in [0.1, 0.15) is 22.2 Å². The third-order valence-corrected chi connectivity index (χ3v) is 4.69. The highest BCUT2D eigenvalue weighted by atomic mass is 35.5. The van der Waals surface area contributed by atoms with Crippen LogP contribution in [0.5, 0.6) is 0 Å². The summed E-state index contributed by atoms with van der Waals surface area (Å²) in [6.45, 7) is 3.79. The summed E-state index contributed by atoms with van der Waals surface area (Å²) in [5, 5.41) is 3.56. The van der Waals surface area contributed by atoms with E-state index in [4.69, 9.17) is 16.3 Å². The van der Waals surface area contributed by atoms with Crippen LogP contribution in [-0.4, -0.2) is 22.5 Å². The molecule has 5 nitrogen and oxygen atoms in total. The number of halogens is 2. The molecule has 0 bridgehead atoms. The zero-order valence-corrected chi connectivity index (χ0v) is 14.5. The number of aryl methyl sites for hydroxylation is 1. The molecule has 0 spiro atoms. The second-order valence-electron chi connectivity index (χ2n) is 4.90. The van der Waals surface area contributed by atoms with E-state index in [1.54, 1.807) is 32.0 Å². The summed E-state index contributed by atoms with van der Waals surface area (Å²) in [5.74, 6) is -0.496. The second-order valence-corrected chi connectivity index (χ2v) is 6.24. The first-order valence-electron chi connectivity index (χ1n) is 7.16. The van der Waals surface area contributed by atoms with Crippen molar-refractivity contribution in [2.24, 2.45) is 0 Å². The lowest BCUT2D eigenvalue weighted by atomic mass is 10.2. The van der Waals surface area contributed by atoms with Gasteiger partial charge in [0.25, 0.3) is 0 Å². The number of para-hydroxylation sites is 1. The number of ether oxygens (including phenoxy) is 1. The molecule has 0 aliphatic carbocycles. The van der Waals surface area contributed by atoms with Crippen molar-refractivity contribution in [2.75, 3.05) is 11.9 Å². The largest absolute Gasteiger partial charge is 0.462 e. The van der Waals surface area contributed by atoms with Gasteiger partial charge in [0.05, 0.1) is 17.7 Å². The van der Waals surface area contributed by atoms with E-state index in [1.807, 2.05) is 0 Å². The number of benzene rings is 1. The molecular weight excluding hydrogens is 353 g/mol. The predicted octanol–water partition coefficient (Wildman–Crippen LogP) is 4.71. The number of carbonyl (C=O) groups is 1. The summed E-state index contributed by atoms with van der Waals surface area (Å²) >= 11 is 7.14. The number of hydrogen-bond acceptors (Lipinski definition) is 6. The van der Waals surface area contributed by atoms with Crippen molar-refractivity contribution in [3.63, 3.8) is 0 Å². The molecule has 0 saturated heterocycles. The number of nitrogens with one attached hydrogen (secondary N) is 1. The van der Waals surface area contributed by atoms with Crippen molar-refractivity contribution in [1.82, 2.24) is 9.97 Å². The van der Waals surface area contributed by atoms with E-state index < -0.39 is 11.8 Å². The number of nitrogens with zero attached hydrogens (tertiary/aromatic N) is 2. The van der Waals surface area contributed by atoms with Crippen LogP contribution in [-0.2, 0) is 4.74 Å². The van der Waals surface area contributed by atoms with Gasteiger partial charge in [0.1, 0.15) is 21.3 Å². The molecule has 124 valence electrons. The molecule has 0 atom stereocenters. The lowest BCUT2D eigenvalue weighted by Crippen LogP contribution is -2.04. The number of thiophene rings is 1. The number of rotatable bonds is 4. The van der Waals surface area contributed by atoms with Crippen LogP contribution in [0.2, 0.25) is 5.28 Å². The summed E-state index contributed by atoms with van der Waals surface area (Å²) in [7, 11) is 0. The molecule has 0 radical (unpaired) electrons. The normalized spacial score (nSPS) is 10.8. The quantitative estimate of drug-likeness (QED) is 0.535. The monoisotopic (exact) mass is 365 g/mol. The smallest absolute Gasteiger partial charge is 0.348 e. The van der Waals surface area contributed by atoms with E-state index >= 15 is 0 Å². The van der Waals surface area contributed by atoms with Gasteiger partial charge in [-0.25, -0.2) is 14.2 Å². The van der Waals surface area contributed by atoms with Crippen LogP contribution in [0.25, 0.3) is 10.2 Å². The van der Waals surface area contributed by atoms with Crippen LogP contribution in [0.4, 0.5) is 15.9 Å². The van der Waals surface area contributed by atoms with Crippen molar-refractivity contribution >= 4 is 50.6 Å². The summed E-state index contributed by atoms with van der Waals surface area (Å²) in [6, 6.07) is 6.23. The fourth-order valence-electron chi connectivity index (χ4n) is 2.28. The van der Waals surface area contributed by atoms with Crippen molar-refractivity contribution in [3.8, 4) is 0 Å². The summed E-state index contributed by atoms with van der Waals surface area (Å²) in [6.07, 6.45) is 0. The molecule has 3 aromatic rings. The van der Waals surface area contributed by atoms with E-state index in [-0.39, 0.29) is 17.6 Å². The van der Waals surface area contributed by atoms with Gasteiger partial charge in [-0.05, 0) is 43.1 Å². The first-order chi connectivity index (χ1) is 11.5. The van der Waals surface area contributed by atoms with Gasteiger partial charge in [-0.1, -0.05) is 12.1 Å². The molecule has 0 aliphatic rings. The molecule has 24 heavy (non-hydrogen) atoms. The summed E-state index contributed by atoms with van der Waals surface area (Å²) < 4.78 is 19.0. The Kier molecular flexibility index (Phi) is 4.64. The number of anilines is 2. The lowest BCUT2D eigenvalue weighted by molar-refractivity contribution is 0.0531. The third-order valence-electron chi connectivity index (χ3n) is 3.35. The van der Waals surface area contributed by atoms with E-state index in [0.29, 0.717) is 26.5 Å². The zero-order valence-electron chi connectivity index (χ0n) is 12.9. The molecule has 0 amide bonds. The molecule has 1 N–H and O–H groups in total. The molecule has 0 unspecified atom stereocenters. The lowest BCUT2D eigenvalue weighted by Gasteiger charge is -2.08. The van der Waals surface area contributed by atoms with Gasteiger partial charge in [-0.3, -0.25) is 0 Å². The minimum absolute atomic E-state index is 0.0120. The van der Waals surface area contributed by atoms with E-state index in [0.717, 1.165) is 0 Å². The maximum Gasteiger partial charge on any atom is 0.348 e. The van der Waals surface area contributed by atoms with E-state index in [1.165, 1.54) is 17.4 Å². The fourth-order valence-corrected chi connectivity index (χ4v) is 3.58. The Morgan fingerprint density at radius 1 is 1.38 bits per heavy atom. The molecule has 2 heterocycles. The molecular formula is C16H13ClFN3O2S. The first-order valence-corrected chi connectivity index (χ1v) is 8.36. The second kappa shape index (κ2) is 6.70. The minimum atomic E-state index is -0.425.